The van der Waals surface area contributed by atoms with Crippen LogP contribution in [0.25, 0.3) is 0 Å². The van der Waals surface area contributed by atoms with Crippen LogP contribution in [-0.2, 0) is 0 Å². The standard InChI is InChI=1S/C11H21N.ClH/c1-7-8-12-11(5,6)9-10(2,3)4;/h1,12H,8-9H2,2-6H3;1H. The molecule has 2 heteroatoms. The first-order valence-electron chi connectivity index (χ1n) is 4.45. The summed E-state index contributed by atoms with van der Waals surface area (Å²) in [4.78, 5) is 0. The van der Waals surface area contributed by atoms with Gasteiger partial charge >= 0.3 is 0 Å². The van der Waals surface area contributed by atoms with Crippen molar-refractivity contribution in [2.24, 2.45) is 5.41 Å². The van der Waals surface area contributed by atoms with E-state index in [4.69, 9.17) is 6.42 Å². The smallest absolute Gasteiger partial charge is 0.0577 e. The van der Waals surface area contributed by atoms with Crippen molar-refractivity contribution in [3.63, 3.8) is 0 Å². The molecule has 0 aromatic rings. The Bertz CT molecular complexity index is 172. The highest BCUT2D eigenvalue weighted by Gasteiger charge is 2.24. The van der Waals surface area contributed by atoms with E-state index < -0.39 is 0 Å². The van der Waals surface area contributed by atoms with Crippen LogP contribution in [0, 0.1) is 17.8 Å². The number of terminal acetylenes is 1. The number of hydrogen-bond acceptors (Lipinski definition) is 1. The molecule has 0 spiro atoms. The highest BCUT2D eigenvalue weighted by molar-refractivity contribution is 5.85. The molecule has 0 unspecified atom stereocenters. The maximum absolute atomic E-state index is 5.19. The molecule has 0 aromatic carbocycles. The van der Waals surface area contributed by atoms with Crippen molar-refractivity contribution in [1.29, 1.82) is 0 Å². The first kappa shape index (κ1) is 15.3. The SMILES string of the molecule is C#CCNC(C)(C)CC(C)(C)C.Cl. The summed E-state index contributed by atoms with van der Waals surface area (Å²) >= 11 is 0. The highest BCUT2D eigenvalue weighted by atomic mass is 35.5. The molecule has 0 bridgehead atoms. The van der Waals surface area contributed by atoms with E-state index in [9.17, 15) is 0 Å². The van der Waals surface area contributed by atoms with Gasteiger partial charge in [0, 0.05) is 5.54 Å². The van der Waals surface area contributed by atoms with Gasteiger partial charge < -0.3 is 5.32 Å². The topological polar surface area (TPSA) is 12.0 Å². The molecule has 0 radical (unpaired) electrons. The van der Waals surface area contributed by atoms with Gasteiger partial charge in [0.05, 0.1) is 6.54 Å². The third-order valence-electron chi connectivity index (χ3n) is 1.64. The average molecular weight is 204 g/mol. The maximum Gasteiger partial charge on any atom is 0.0577 e. The van der Waals surface area contributed by atoms with Crippen molar-refractivity contribution in [2.45, 2.75) is 46.6 Å². The van der Waals surface area contributed by atoms with Crippen LogP contribution in [0.15, 0.2) is 0 Å². The molecule has 0 amide bonds. The number of halogens is 1. The normalized spacial score (nSPS) is 11.7. The number of rotatable bonds is 3. The second-order valence-corrected chi connectivity index (χ2v) is 5.18. The molecule has 1 N–H and O–H groups in total. The van der Waals surface area contributed by atoms with Gasteiger partial charge in [-0.1, -0.05) is 26.7 Å². The molecule has 78 valence electrons. The van der Waals surface area contributed by atoms with E-state index in [-0.39, 0.29) is 17.9 Å². The third kappa shape index (κ3) is 9.73. The molecule has 0 heterocycles. The van der Waals surface area contributed by atoms with Crippen LogP contribution >= 0.6 is 12.4 Å². The van der Waals surface area contributed by atoms with Crippen LogP contribution in [0.5, 0.6) is 0 Å². The van der Waals surface area contributed by atoms with E-state index >= 15 is 0 Å². The van der Waals surface area contributed by atoms with Gasteiger partial charge in [0.25, 0.3) is 0 Å². The lowest BCUT2D eigenvalue weighted by molar-refractivity contribution is 0.249. The van der Waals surface area contributed by atoms with Crippen molar-refractivity contribution >= 4 is 12.4 Å². The van der Waals surface area contributed by atoms with Crippen molar-refractivity contribution in [3.05, 3.63) is 0 Å². The van der Waals surface area contributed by atoms with Crippen molar-refractivity contribution < 1.29 is 0 Å². The Morgan fingerprint density at radius 1 is 1.15 bits per heavy atom. The van der Waals surface area contributed by atoms with Gasteiger partial charge in [0.2, 0.25) is 0 Å². The zero-order valence-corrected chi connectivity index (χ0v) is 10.2. The summed E-state index contributed by atoms with van der Waals surface area (Å²) in [7, 11) is 0. The van der Waals surface area contributed by atoms with Crippen LogP contribution in [0.1, 0.15) is 41.0 Å². The molecule has 0 rings (SSSR count). The molecular formula is C11H22ClN. The Morgan fingerprint density at radius 2 is 1.62 bits per heavy atom. The Balaban J connectivity index is 0. The van der Waals surface area contributed by atoms with Crippen molar-refractivity contribution in [2.75, 3.05) is 6.54 Å². The van der Waals surface area contributed by atoms with E-state index in [2.05, 4.69) is 45.9 Å². The van der Waals surface area contributed by atoms with Gasteiger partial charge in [0.15, 0.2) is 0 Å². The largest absolute Gasteiger partial charge is 0.301 e. The monoisotopic (exact) mass is 203 g/mol. The van der Waals surface area contributed by atoms with Gasteiger partial charge in [-0.2, -0.15) is 0 Å². The zero-order chi connectivity index (χ0) is 9.83. The van der Waals surface area contributed by atoms with Crippen LogP contribution in [-0.4, -0.2) is 12.1 Å². The van der Waals surface area contributed by atoms with Gasteiger partial charge in [-0.05, 0) is 25.7 Å². The molecule has 0 atom stereocenters. The molecule has 0 aromatic heterocycles. The first-order chi connectivity index (χ1) is 5.27. The van der Waals surface area contributed by atoms with Crippen molar-refractivity contribution in [1.82, 2.24) is 5.32 Å². The molecule has 0 aliphatic heterocycles. The highest BCUT2D eigenvalue weighted by Crippen LogP contribution is 2.26. The van der Waals surface area contributed by atoms with Gasteiger partial charge in [-0.3, -0.25) is 0 Å². The summed E-state index contributed by atoms with van der Waals surface area (Å²) in [5.74, 6) is 2.60. The van der Waals surface area contributed by atoms with Crippen molar-refractivity contribution in [3.8, 4) is 12.3 Å². The molecule has 13 heavy (non-hydrogen) atoms. The molecular weight excluding hydrogens is 182 g/mol. The Kier molecular flexibility index (Phi) is 6.49. The van der Waals surface area contributed by atoms with Gasteiger partial charge in [-0.25, -0.2) is 0 Å². The third-order valence-corrected chi connectivity index (χ3v) is 1.64. The van der Waals surface area contributed by atoms with E-state index in [1.165, 1.54) is 0 Å². The lowest BCUT2D eigenvalue weighted by Crippen LogP contribution is -2.42. The molecule has 0 aliphatic carbocycles. The Morgan fingerprint density at radius 3 is 1.92 bits per heavy atom. The number of nitrogens with one attached hydrogen (secondary N) is 1. The molecule has 0 saturated heterocycles. The summed E-state index contributed by atoms with van der Waals surface area (Å²) in [5, 5.41) is 3.33. The fourth-order valence-corrected chi connectivity index (χ4v) is 1.68. The summed E-state index contributed by atoms with van der Waals surface area (Å²) in [6.07, 6.45) is 6.31. The second kappa shape index (κ2) is 5.52. The lowest BCUT2D eigenvalue weighted by atomic mass is 9.82. The Hall–Kier alpha value is -0.190. The maximum atomic E-state index is 5.19. The van der Waals surface area contributed by atoms with Gasteiger partial charge in [-0.15, -0.1) is 18.8 Å². The molecule has 1 nitrogen and oxygen atoms in total. The summed E-state index contributed by atoms with van der Waals surface area (Å²) in [6, 6.07) is 0. The summed E-state index contributed by atoms with van der Waals surface area (Å²) < 4.78 is 0. The predicted molar refractivity (Wildman–Crippen MR) is 62.2 cm³/mol. The molecule has 0 saturated carbocycles. The van der Waals surface area contributed by atoms with E-state index in [0.717, 1.165) is 6.42 Å². The van der Waals surface area contributed by atoms with Crippen LogP contribution in [0.4, 0.5) is 0 Å². The fraction of sp³-hybridized carbons (Fsp3) is 0.818. The summed E-state index contributed by atoms with van der Waals surface area (Å²) in [6.45, 7) is 11.8. The predicted octanol–water partition coefficient (Wildman–Crippen LogP) is 2.85. The minimum Gasteiger partial charge on any atom is -0.301 e. The van der Waals surface area contributed by atoms with Crippen LogP contribution < -0.4 is 5.32 Å². The minimum absolute atomic E-state index is 0. The second-order valence-electron chi connectivity index (χ2n) is 5.18. The quantitative estimate of drug-likeness (QED) is 0.696. The zero-order valence-electron chi connectivity index (χ0n) is 9.40. The van der Waals surface area contributed by atoms with Gasteiger partial charge in [0.1, 0.15) is 0 Å². The summed E-state index contributed by atoms with van der Waals surface area (Å²) in [5.41, 5.74) is 0.496. The van der Waals surface area contributed by atoms with E-state index in [1.54, 1.807) is 0 Å². The van der Waals surface area contributed by atoms with Crippen LogP contribution in [0.2, 0.25) is 0 Å². The lowest BCUT2D eigenvalue weighted by Gasteiger charge is -2.32. The Labute approximate surface area is 89.1 Å². The molecule has 0 aliphatic rings. The van der Waals surface area contributed by atoms with E-state index in [1.807, 2.05) is 0 Å². The first-order valence-corrected chi connectivity index (χ1v) is 4.45. The van der Waals surface area contributed by atoms with Crippen LogP contribution in [0.3, 0.4) is 0 Å². The average Bonchev–Trinajstić information content (AvgIpc) is 1.78. The van der Waals surface area contributed by atoms with E-state index in [0.29, 0.717) is 12.0 Å². The fourth-order valence-electron chi connectivity index (χ4n) is 1.68. The minimum atomic E-state index is 0. The molecule has 0 fully saturated rings. The number of hydrogen-bond donors (Lipinski definition) is 1.